The minimum atomic E-state index is 0.174. The summed E-state index contributed by atoms with van der Waals surface area (Å²) in [6.45, 7) is 4.40. The standard InChI is InChI=1S/C10H14N2OS/c1-7-2-8(6-14-7)3-12-10(13)9-4-11-5-9/h2,6,9,11H,3-5H2,1H3,(H,12,13). The number of amides is 1. The van der Waals surface area contributed by atoms with Crippen molar-refractivity contribution in [3.63, 3.8) is 0 Å². The third-order valence-electron chi connectivity index (χ3n) is 2.40. The van der Waals surface area contributed by atoms with E-state index in [1.807, 2.05) is 0 Å². The number of aryl methyl sites for hydroxylation is 1. The van der Waals surface area contributed by atoms with Gasteiger partial charge in [-0.3, -0.25) is 4.79 Å². The topological polar surface area (TPSA) is 41.1 Å². The molecule has 0 spiro atoms. The first-order valence-corrected chi connectivity index (χ1v) is 5.66. The van der Waals surface area contributed by atoms with Gasteiger partial charge in [-0.15, -0.1) is 11.3 Å². The molecule has 0 aromatic carbocycles. The second kappa shape index (κ2) is 4.11. The Bertz CT molecular complexity index is 331. The van der Waals surface area contributed by atoms with E-state index in [9.17, 15) is 4.79 Å². The molecule has 0 aliphatic carbocycles. The van der Waals surface area contributed by atoms with Gasteiger partial charge in [0, 0.05) is 24.5 Å². The van der Waals surface area contributed by atoms with E-state index in [-0.39, 0.29) is 11.8 Å². The molecule has 0 bridgehead atoms. The molecule has 1 aromatic heterocycles. The van der Waals surface area contributed by atoms with Crippen LogP contribution in [0.25, 0.3) is 0 Å². The summed E-state index contributed by atoms with van der Waals surface area (Å²) in [7, 11) is 0. The Balaban J connectivity index is 1.79. The number of carbonyl (C=O) groups excluding carboxylic acids is 1. The van der Waals surface area contributed by atoms with E-state index < -0.39 is 0 Å². The van der Waals surface area contributed by atoms with Crippen LogP contribution in [-0.4, -0.2) is 19.0 Å². The minimum Gasteiger partial charge on any atom is -0.352 e. The van der Waals surface area contributed by atoms with Crippen LogP contribution < -0.4 is 10.6 Å². The van der Waals surface area contributed by atoms with Crippen molar-refractivity contribution < 1.29 is 4.79 Å². The number of carbonyl (C=O) groups is 1. The number of hydrogen-bond donors (Lipinski definition) is 2. The van der Waals surface area contributed by atoms with Crippen LogP contribution in [0.15, 0.2) is 11.4 Å². The van der Waals surface area contributed by atoms with Crippen LogP contribution >= 0.6 is 11.3 Å². The highest BCUT2D eigenvalue weighted by atomic mass is 32.1. The van der Waals surface area contributed by atoms with Crippen LogP contribution in [0.4, 0.5) is 0 Å². The van der Waals surface area contributed by atoms with Gasteiger partial charge < -0.3 is 10.6 Å². The van der Waals surface area contributed by atoms with Gasteiger partial charge in [0.2, 0.25) is 5.91 Å². The molecular formula is C10H14N2OS. The fourth-order valence-electron chi connectivity index (χ4n) is 1.40. The molecule has 2 rings (SSSR count). The SMILES string of the molecule is Cc1cc(CNC(=O)C2CNC2)cs1. The zero-order chi connectivity index (χ0) is 9.97. The van der Waals surface area contributed by atoms with E-state index in [0.717, 1.165) is 13.1 Å². The minimum absolute atomic E-state index is 0.174. The molecule has 76 valence electrons. The van der Waals surface area contributed by atoms with E-state index in [4.69, 9.17) is 0 Å². The molecule has 14 heavy (non-hydrogen) atoms. The summed E-state index contributed by atoms with van der Waals surface area (Å²) in [5.41, 5.74) is 1.20. The predicted octanol–water partition coefficient (Wildman–Crippen LogP) is 0.892. The molecule has 0 atom stereocenters. The molecule has 1 saturated heterocycles. The van der Waals surface area contributed by atoms with Crippen molar-refractivity contribution in [3.05, 3.63) is 21.9 Å². The van der Waals surface area contributed by atoms with Crippen LogP contribution in [0.5, 0.6) is 0 Å². The number of hydrogen-bond acceptors (Lipinski definition) is 3. The Morgan fingerprint density at radius 3 is 3.00 bits per heavy atom. The predicted molar refractivity (Wildman–Crippen MR) is 57.3 cm³/mol. The third-order valence-corrected chi connectivity index (χ3v) is 3.31. The van der Waals surface area contributed by atoms with Crippen molar-refractivity contribution >= 4 is 17.2 Å². The molecule has 1 aromatic rings. The van der Waals surface area contributed by atoms with Crippen LogP contribution in [0.2, 0.25) is 0 Å². The molecular weight excluding hydrogens is 196 g/mol. The van der Waals surface area contributed by atoms with Gasteiger partial charge in [0.25, 0.3) is 0 Å². The van der Waals surface area contributed by atoms with Gasteiger partial charge in [0.1, 0.15) is 0 Å². The maximum absolute atomic E-state index is 11.5. The Morgan fingerprint density at radius 2 is 2.50 bits per heavy atom. The largest absolute Gasteiger partial charge is 0.352 e. The maximum Gasteiger partial charge on any atom is 0.225 e. The maximum atomic E-state index is 11.5. The molecule has 2 N–H and O–H groups in total. The first kappa shape index (κ1) is 9.68. The van der Waals surface area contributed by atoms with Crippen molar-refractivity contribution in [1.82, 2.24) is 10.6 Å². The van der Waals surface area contributed by atoms with Gasteiger partial charge in [-0.2, -0.15) is 0 Å². The highest BCUT2D eigenvalue weighted by molar-refractivity contribution is 7.10. The zero-order valence-electron chi connectivity index (χ0n) is 8.17. The first-order valence-electron chi connectivity index (χ1n) is 4.78. The van der Waals surface area contributed by atoms with E-state index in [1.165, 1.54) is 10.4 Å². The van der Waals surface area contributed by atoms with Crippen LogP contribution in [0.1, 0.15) is 10.4 Å². The number of thiophene rings is 1. The molecule has 0 radical (unpaired) electrons. The number of rotatable bonds is 3. The lowest BCUT2D eigenvalue weighted by Crippen LogP contribution is -2.50. The Morgan fingerprint density at radius 1 is 1.71 bits per heavy atom. The van der Waals surface area contributed by atoms with Gasteiger partial charge in [-0.05, 0) is 23.9 Å². The number of nitrogens with one attached hydrogen (secondary N) is 2. The highest BCUT2D eigenvalue weighted by Gasteiger charge is 2.24. The highest BCUT2D eigenvalue weighted by Crippen LogP contribution is 2.13. The monoisotopic (exact) mass is 210 g/mol. The first-order chi connectivity index (χ1) is 6.75. The quantitative estimate of drug-likeness (QED) is 0.778. The normalized spacial score (nSPS) is 16.4. The second-order valence-corrected chi connectivity index (χ2v) is 4.75. The lowest BCUT2D eigenvalue weighted by molar-refractivity contribution is -0.126. The lowest BCUT2D eigenvalue weighted by Gasteiger charge is -2.25. The Hall–Kier alpha value is -0.870. The molecule has 1 aliphatic heterocycles. The summed E-state index contributed by atoms with van der Waals surface area (Å²) in [5.74, 6) is 0.363. The molecule has 2 heterocycles. The van der Waals surface area contributed by atoms with Crippen LogP contribution in [-0.2, 0) is 11.3 Å². The Kier molecular flexibility index (Phi) is 2.84. The average Bonchev–Trinajstić information content (AvgIpc) is 2.45. The molecule has 4 heteroatoms. The van der Waals surface area contributed by atoms with Crippen molar-refractivity contribution in [3.8, 4) is 0 Å². The van der Waals surface area contributed by atoms with Crippen molar-refractivity contribution in [2.75, 3.05) is 13.1 Å². The molecule has 3 nitrogen and oxygen atoms in total. The van der Waals surface area contributed by atoms with Crippen molar-refractivity contribution in [2.45, 2.75) is 13.5 Å². The summed E-state index contributed by atoms with van der Waals surface area (Å²) in [4.78, 5) is 12.7. The van der Waals surface area contributed by atoms with Crippen molar-refractivity contribution in [1.29, 1.82) is 0 Å². The van der Waals surface area contributed by atoms with E-state index in [0.29, 0.717) is 6.54 Å². The fourth-order valence-corrected chi connectivity index (χ4v) is 2.11. The second-order valence-electron chi connectivity index (χ2n) is 3.64. The summed E-state index contributed by atoms with van der Waals surface area (Å²) < 4.78 is 0. The molecule has 0 unspecified atom stereocenters. The summed E-state index contributed by atoms with van der Waals surface area (Å²) in [6, 6.07) is 2.12. The van der Waals surface area contributed by atoms with E-state index in [2.05, 4.69) is 29.0 Å². The van der Waals surface area contributed by atoms with Gasteiger partial charge >= 0.3 is 0 Å². The Labute approximate surface area is 87.5 Å². The van der Waals surface area contributed by atoms with Gasteiger partial charge in [0.15, 0.2) is 0 Å². The molecule has 1 fully saturated rings. The van der Waals surface area contributed by atoms with Crippen LogP contribution in [0, 0.1) is 12.8 Å². The average molecular weight is 210 g/mol. The fraction of sp³-hybridized carbons (Fsp3) is 0.500. The van der Waals surface area contributed by atoms with Crippen molar-refractivity contribution in [2.24, 2.45) is 5.92 Å². The summed E-state index contributed by atoms with van der Waals surface area (Å²) in [6.07, 6.45) is 0. The molecule has 0 saturated carbocycles. The smallest absolute Gasteiger partial charge is 0.225 e. The molecule has 1 amide bonds. The van der Waals surface area contributed by atoms with Gasteiger partial charge in [-0.25, -0.2) is 0 Å². The van der Waals surface area contributed by atoms with Gasteiger partial charge in [0.05, 0.1) is 5.92 Å². The van der Waals surface area contributed by atoms with Crippen LogP contribution in [0.3, 0.4) is 0 Å². The lowest BCUT2D eigenvalue weighted by atomic mass is 10.0. The zero-order valence-corrected chi connectivity index (χ0v) is 8.99. The summed E-state index contributed by atoms with van der Waals surface area (Å²) >= 11 is 1.72. The van der Waals surface area contributed by atoms with E-state index in [1.54, 1.807) is 11.3 Å². The van der Waals surface area contributed by atoms with E-state index >= 15 is 0 Å². The molecule has 1 aliphatic rings. The third kappa shape index (κ3) is 2.13. The summed E-state index contributed by atoms with van der Waals surface area (Å²) in [5, 5.41) is 8.12. The van der Waals surface area contributed by atoms with Gasteiger partial charge in [-0.1, -0.05) is 0 Å².